The highest BCUT2D eigenvalue weighted by molar-refractivity contribution is 5.06. The molecule has 4 fully saturated rings. The fourth-order valence-corrected chi connectivity index (χ4v) is 14.0. The van der Waals surface area contributed by atoms with Crippen LogP contribution >= 0.6 is 0 Å². The molecule has 0 amide bonds. The summed E-state index contributed by atoms with van der Waals surface area (Å²) < 4.78 is 25.1. The van der Waals surface area contributed by atoms with Crippen molar-refractivity contribution in [2.75, 3.05) is 39.6 Å². The second kappa shape index (κ2) is 33.8. The van der Waals surface area contributed by atoms with Gasteiger partial charge in [-0.05, 0) is 181 Å². The van der Waals surface area contributed by atoms with Gasteiger partial charge in [-0.25, -0.2) is 0 Å². The predicted molar refractivity (Wildman–Crippen MR) is 282 cm³/mol. The Balaban J connectivity index is 0.992. The third-order valence-corrected chi connectivity index (χ3v) is 18.1. The van der Waals surface area contributed by atoms with Crippen LogP contribution in [0.2, 0.25) is 0 Å². The molecule has 5 heteroatoms. The number of unbranched alkanes of at least 4 members (excludes halogenated alkanes) is 11. The quantitative estimate of drug-likeness (QED) is 0.0494. The average Bonchev–Trinajstić information content (AvgIpc) is 3.89. The Hall–Kier alpha value is -0.720. The Morgan fingerprint density at radius 2 is 1.27 bits per heavy atom. The molecule has 0 spiro atoms. The van der Waals surface area contributed by atoms with E-state index in [-0.39, 0.29) is 12.2 Å². The minimum Gasteiger partial charge on any atom is -0.393 e. The molecule has 1 N–H and O–H groups in total. The van der Waals surface area contributed by atoms with Gasteiger partial charge in [0.1, 0.15) is 0 Å². The molecule has 0 aliphatic heterocycles. The summed E-state index contributed by atoms with van der Waals surface area (Å²) in [4.78, 5) is 0. The Morgan fingerprint density at radius 3 is 1.94 bits per heavy atom. The van der Waals surface area contributed by atoms with E-state index >= 15 is 0 Å². The summed E-state index contributed by atoms with van der Waals surface area (Å²) in [6.45, 7) is 22.1. The van der Waals surface area contributed by atoms with Gasteiger partial charge < -0.3 is 24.1 Å². The summed E-state index contributed by atoms with van der Waals surface area (Å²) in [6, 6.07) is 0. The maximum Gasteiger partial charge on any atom is 0.0811 e. The predicted octanol–water partition coefficient (Wildman–Crippen LogP) is 17.2. The highest BCUT2D eigenvalue weighted by Crippen LogP contribution is 2.65. The first-order valence-corrected chi connectivity index (χ1v) is 29.5. The average molecular weight is 926 g/mol. The van der Waals surface area contributed by atoms with E-state index in [0.29, 0.717) is 36.1 Å². The van der Waals surface area contributed by atoms with E-state index in [1.807, 2.05) is 0 Å². The van der Waals surface area contributed by atoms with Gasteiger partial charge in [0.05, 0.1) is 24.9 Å². The van der Waals surface area contributed by atoms with Crippen LogP contribution in [-0.2, 0) is 18.9 Å². The minimum absolute atomic E-state index is 0.118. The first kappa shape index (κ1) is 57.9. The Morgan fingerprint density at radius 1 is 0.606 bits per heavy atom. The van der Waals surface area contributed by atoms with Crippen molar-refractivity contribution in [2.45, 2.75) is 272 Å². The van der Waals surface area contributed by atoms with Crippen LogP contribution < -0.4 is 0 Å². The van der Waals surface area contributed by atoms with Crippen LogP contribution in [0.1, 0.15) is 254 Å². The van der Waals surface area contributed by atoms with Gasteiger partial charge in [0.15, 0.2) is 0 Å². The standard InChI is InChI=1S/C61H112O5/c1-8-10-11-12-13-14-15-16-17-18-19-20-21-22-23-24-25-26-42-64-49-55(48-52-32-33-53(62)47-52)66-46-29-44-63-43-28-45-65-54-36-39-60(6,40-37-54)58-38-41-61(7)57(34-35-59(61)56(58)9-2)51(5)31-27-30-50(3)4/h13-14,16-17,50-59,62H,8-12,15,18-49H2,1-7H3/t51-,52?,53?,54?,55?,56-,57-,58?,59?,60?,61-/m1/s1. The lowest BCUT2D eigenvalue weighted by atomic mass is 9.50. The Kier molecular flexibility index (Phi) is 29.6. The molecule has 386 valence electrons. The molecule has 66 heavy (non-hydrogen) atoms. The smallest absolute Gasteiger partial charge is 0.0811 e. The summed E-state index contributed by atoms with van der Waals surface area (Å²) >= 11 is 0. The van der Waals surface area contributed by atoms with Crippen LogP contribution in [0.5, 0.6) is 0 Å². The third-order valence-electron chi connectivity index (χ3n) is 18.1. The van der Waals surface area contributed by atoms with E-state index in [1.165, 1.54) is 154 Å². The minimum atomic E-state index is -0.133. The molecule has 0 saturated heterocycles. The second-order valence-corrected chi connectivity index (χ2v) is 23.8. The van der Waals surface area contributed by atoms with Crippen molar-refractivity contribution in [3.63, 3.8) is 0 Å². The highest BCUT2D eigenvalue weighted by atomic mass is 16.5. The van der Waals surface area contributed by atoms with Crippen molar-refractivity contribution in [3.05, 3.63) is 24.3 Å². The van der Waals surface area contributed by atoms with Crippen LogP contribution in [0.25, 0.3) is 0 Å². The zero-order valence-electron chi connectivity index (χ0n) is 45.0. The molecule has 0 radical (unpaired) electrons. The normalized spacial score (nSPS) is 30.3. The van der Waals surface area contributed by atoms with Crippen LogP contribution in [0.3, 0.4) is 0 Å². The monoisotopic (exact) mass is 925 g/mol. The molecule has 4 aliphatic carbocycles. The maximum absolute atomic E-state index is 10.1. The van der Waals surface area contributed by atoms with Crippen molar-refractivity contribution < 1.29 is 24.1 Å². The summed E-state index contributed by atoms with van der Waals surface area (Å²) in [5.74, 6) is 5.96. The molecule has 4 rings (SSSR count). The highest BCUT2D eigenvalue weighted by Gasteiger charge is 2.57. The zero-order chi connectivity index (χ0) is 47.3. The van der Waals surface area contributed by atoms with Crippen molar-refractivity contribution in [3.8, 4) is 0 Å². The number of ether oxygens (including phenoxy) is 4. The SMILES string of the molecule is CCCCCC=CCC=CCCCCCCCCCCOCC(CC1CCC(O)C1)OCCCOCCCOC1CCC(C)(C2CC[C@@]3(C)C(CC[C@@H]3[C@H](C)CCCC(C)C)[C@@H]2CC)CC1. The number of aliphatic hydroxyl groups excluding tert-OH is 1. The lowest BCUT2D eigenvalue weighted by molar-refractivity contribution is -0.0811. The Labute approximate surface area is 410 Å². The van der Waals surface area contributed by atoms with Gasteiger partial charge >= 0.3 is 0 Å². The summed E-state index contributed by atoms with van der Waals surface area (Å²) in [5.41, 5.74) is 1.06. The van der Waals surface area contributed by atoms with Gasteiger partial charge in [-0.1, -0.05) is 150 Å². The molecule has 0 bridgehead atoms. The third kappa shape index (κ3) is 21.3. The first-order valence-electron chi connectivity index (χ1n) is 29.5. The summed E-state index contributed by atoms with van der Waals surface area (Å²) in [7, 11) is 0. The molecule has 9 atom stereocenters. The van der Waals surface area contributed by atoms with Gasteiger partial charge in [-0.3, -0.25) is 0 Å². The van der Waals surface area contributed by atoms with Gasteiger partial charge in [-0.15, -0.1) is 0 Å². The topological polar surface area (TPSA) is 57.2 Å². The molecule has 0 heterocycles. The van der Waals surface area contributed by atoms with Crippen molar-refractivity contribution in [1.29, 1.82) is 0 Å². The zero-order valence-corrected chi connectivity index (χ0v) is 45.0. The molecule has 4 aliphatic rings. The summed E-state index contributed by atoms with van der Waals surface area (Å²) in [6.07, 6.45) is 50.4. The number of hydrogen-bond acceptors (Lipinski definition) is 5. The van der Waals surface area contributed by atoms with E-state index in [2.05, 4.69) is 72.8 Å². The molecule has 4 saturated carbocycles. The van der Waals surface area contributed by atoms with Gasteiger partial charge in [0.25, 0.3) is 0 Å². The van der Waals surface area contributed by atoms with Gasteiger partial charge in [-0.2, -0.15) is 0 Å². The van der Waals surface area contributed by atoms with Crippen LogP contribution in [0.4, 0.5) is 0 Å². The lowest BCUT2D eigenvalue weighted by Gasteiger charge is -2.56. The fraction of sp³-hybridized carbons (Fsp3) is 0.934. The largest absolute Gasteiger partial charge is 0.393 e. The van der Waals surface area contributed by atoms with E-state index in [0.717, 1.165) is 113 Å². The van der Waals surface area contributed by atoms with E-state index in [4.69, 9.17) is 18.9 Å². The first-order chi connectivity index (χ1) is 32.1. The van der Waals surface area contributed by atoms with Gasteiger partial charge in [0.2, 0.25) is 0 Å². The fourth-order valence-electron chi connectivity index (χ4n) is 14.0. The number of aliphatic hydroxyl groups is 1. The number of allylic oxidation sites excluding steroid dienone is 4. The maximum atomic E-state index is 10.1. The number of fused-ring (bicyclic) bond motifs is 1. The van der Waals surface area contributed by atoms with Crippen molar-refractivity contribution >= 4 is 0 Å². The lowest BCUT2D eigenvalue weighted by Crippen LogP contribution is -2.48. The van der Waals surface area contributed by atoms with Crippen molar-refractivity contribution in [2.24, 2.45) is 52.3 Å². The second-order valence-electron chi connectivity index (χ2n) is 23.8. The molecular formula is C61H112O5. The molecule has 0 aromatic carbocycles. The summed E-state index contributed by atoms with van der Waals surface area (Å²) in [5, 5.41) is 10.1. The van der Waals surface area contributed by atoms with E-state index in [1.54, 1.807) is 0 Å². The molecule has 0 aromatic heterocycles. The van der Waals surface area contributed by atoms with E-state index in [9.17, 15) is 5.11 Å². The molecule has 5 nitrogen and oxygen atoms in total. The van der Waals surface area contributed by atoms with Gasteiger partial charge in [0, 0.05) is 33.0 Å². The number of rotatable bonds is 38. The molecule has 5 unspecified atom stereocenters. The van der Waals surface area contributed by atoms with Crippen LogP contribution in [-0.4, -0.2) is 63.1 Å². The number of hydrogen-bond donors (Lipinski definition) is 1. The van der Waals surface area contributed by atoms with Crippen LogP contribution in [0.15, 0.2) is 24.3 Å². The van der Waals surface area contributed by atoms with E-state index < -0.39 is 0 Å². The molecule has 0 aromatic rings. The van der Waals surface area contributed by atoms with Crippen molar-refractivity contribution in [1.82, 2.24) is 0 Å². The Bertz CT molecular complexity index is 1240. The molecular weight excluding hydrogens is 813 g/mol. The van der Waals surface area contributed by atoms with Crippen LogP contribution in [0, 0.1) is 52.3 Å².